The van der Waals surface area contributed by atoms with Crippen LogP contribution in [0.3, 0.4) is 0 Å². The fourth-order valence-electron chi connectivity index (χ4n) is 1.69. The zero-order valence-electron chi connectivity index (χ0n) is 9.36. The van der Waals surface area contributed by atoms with Crippen LogP contribution in [0, 0.1) is 0 Å². The first kappa shape index (κ1) is 10.1. The zero-order chi connectivity index (χ0) is 11.1. The second-order valence-corrected chi connectivity index (χ2v) is 4.11. The summed E-state index contributed by atoms with van der Waals surface area (Å²) in [7, 11) is 1.98. The lowest BCUT2D eigenvalue weighted by atomic mass is 10.00. The predicted molar refractivity (Wildman–Crippen MR) is 60.3 cm³/mol. The van der Waals surface area contributed by atoms with Crippen LogP contribution in [0.4, 0.5) is 0 Å². The van der Waals surface area contributed by atoms with Gasteiger partial charge in [0.05, 0.1) is 11.1 Å². The molecule has 1 atom stereocenters. The molecular weight excluding hydrogens is 188 g/mol. The van der Waals surface area contributed by atoms with Crippen molar-refractivity contribution in [3.63, 3.8) is 0 Å². The molecule has 4 heteroatoms. The summed E-state index contributed by atoms with van der Waals surface area (Å²) in [5, 5.41) is 0. The summed E-state index contributed by atoms with van der Waals surface area (Å²) in [5.74, 6) is 0.888. The van der Waals surface area contributed by atoms with Crippen LogP contribution >= 0.6 is 0 Å². The van der Waals surface area contributed by atoms with Crippen molar-refractivity contribution in [2.24, 2.45) is 12.8 Å². The Morgan fingerprint density at radius 3 is 2.87 bits per heavy atom. The van der Waals surface area contributed by atoms with Crippen LogP contribution in [0.25, 0.3) is 11.2 Å². The summed E-state index contributed by atoms with van der Waals surface area (Å²) in [4.78, 5) is 8.70. The molecule has 2 aromatic heterocycles. The summed E-state index contributed by atoms with van der Waals surface area (Å²) >= 11 is 0. The largest absolute Gasteiger partial charge is 0.328 e. The van der Waals surface area contributed by atoms with Crippen molar-refractivity contribution in [3.05, 3.63) is 24.2 Å². The number of nitrogens with two attached hydrogens (primary N) is 1. The Kier molecular flexibility index (Phi) is 2.23. The topological polar surface area (TPSA) is 56.7 Å². The smallest absolute Gasteiger partial charge is 0.177 e. The molecular formula is C11H16N4. The van der Waals surface area contributed by atoms with E-state index in [1.165, 1.54) is 0 Å². The van der Waals surface area contributed by atoms with Gasteiger partial charge in [-0.25, -0.2) is 9.97 Å². The van der Waals surface area contributed by atoms with E-state index in [-0.39, 0.29) is 0 Å². The van der Waals surface area contributed by atoms with Gasteiger partial charge in [-0.3, -0.25) is 0 Å². The van der Waals surface area contributed by atoms with E-state index in [1.807, 2.05) is 30.7 Å². The minimum atomic E-state index is -0.393. The van der Waals surface area contributed by atoms with Gasteiger partial charge in [0, 0.05) is 13.2 Å². The van der Waals surface area contributed by atoms with Crippen LogP contribution in [-0.4, -0.2) is 14.5 Å². The number of rotatable bonds is 2. The highest BCUT2D eigenvalue weighted by molar-refractivity contribution is 5.71. The Balaban J connectivity index is 2.68. The predicted octanol–water partition coefficient (Wildman–Crippen LogP) is 1.55. The third kappa shape index (κ3) is 1.51. The van der Waals surface area contributed by atoms with Crippen LogP contribution in [0.15, 0.2) is 18.3 Å². The van der Waals surface area contributed by atoms with E-state index < -0.39 is 5.54 Å². The van der Waals surface area contributed by atoms with Gasteiger partial charge < -0.3 is 10.3 Å². The molecule has 0 aliphatic carbocycles. The van der Waals surface area contributed by atoms with Crippen LogP contribution < -0.4 is 5.73 Å². The van der Waals surface area contributed by atoms with Gasteiger partial charge in [-0.1, -0.05) is 6.92 Å². The maximum absolute atomic E-state index is 6.19. The first-order valence-electron chi connectivity index (χ1n) is 5.13. The normalized spacial score (nSPS) is 15.5. The van der Waals surface area contributed by atoms with Gasteiger partial charge in [0.15, 0.2) is 5.65 Å². The number of aromatic nitrogens is 3. The highest BCUT2D eigenvalue weighted by Crippen LogP contribution is 2.23. The monoisotopic (exact) mass is 204 g/mol. The SMILES string of the molecule is CCC(C)(N)c1nc2ncccc2n1C. The average Bonchev–Trinajstić information content (AvgIpc) is 2.58. The maximum atomic E-state index is 6.19. The number of fused-ring (bicyclic) bond motifs is 1. The van der Waals surface area contributed by atoms with Crippen molar-refractivity contribution in [1.29, 1.82) is 0 Å². The molecule has 1 unspecified atom stereocenters. The van der Waals surface area contributed by atoms with Crippen molar-refractivity contribution < 1.29 is 0 Å². The third-order valence-electron chi connectivity index (χ3n) is 2.90. The fraction of sp³-hybridized carbons (Fsp3) is 0.455. The van der Waals surface area contributed by atoms with Crippen LogP contribution in [0.1, 0.15) is 26.1 Å². The highest BCUT2D eigenvalue weighted by Gasteiger charge is 2.25. The van der Waals surface area contributed by atoms with E-state index in [2.05, 4.69) is 16.9 Å². The summed E-state index contributed by atoms with van der Waals surface area (Å²) in [6, 6.07) is 3.91. The lowest BCUT2D eigenvalue weighted by Crippen LogP contribution is -2.35. The van der Waals surface area contributed by atoms with E-state index in [4.69, 9.17) is 5.73 Å². The number of nitrogens with zero attached hydrogens (tertiary/aromatic N) is 3. The van der Waals surface area contributed by atoms with Crippen LogP contribution in [0.2, 0.25) is 0 Å². The third-order valence-corrected chi connectivity index (χ3v) is 2.90. The Morgan fingerprint density at radius 1 is 1.53 bits per heavy atom. The molecule has 0 radical (unpaired) electrons. The second kappa shape index (κ2) is 3.31. The van der Waals surface area contributed by atoms with E-state index in [1.54, 1.807) is 6.20 Å². The molecule has 80 valence electrons. The van der Waals surface area contributed by atoms with E-state index in [0.29, 0.717) is 0 Å². The summed E-state index contributed by atoms with van der Waals surface area (Å²) in [5.41, 5.74) is 7.59. The van der Waals surface area contributed by atoms with Crippen molar-refractivity contribution in [2.45, 2.75) is 25.8 Å². The van der Waals surface area contributed by atoms with Gasteiger partial charge in [0.2, 0.25) is 0 Å². The molecule has 0 spiro atoms. The fourth-order valence-corrected chi connectivity index (χ4v) is 1.69. The van der Waals surface area contributed by atoms with Gasteiger partial charge >= 0.3 is 0 Å². The molecule has 2 aromatic rings. The van der Waals surface area contributed by atoms with Gasteiger partial charge in [0.1, 0.15) is 5.82 Å². The Hall–Kier alpha value is -1.42. The van der Waals surface area contributed by atoms with Gasteiger partial charge in [-0.15, -0.1) is 0 Å². The number of hydrogen-bond acceptors (Lipinski definition) is 3. The van der Waals surface area contributed by atoms with Crippen LogP contribution in [0.5, 0.6) is 0 Å². The molecule has 0 fully saturated rings. The Morgan fingerprint density at radius 2 is 2.27 bits per heavy atom. The molecule has 0 aromatic carbocycles. The summed E-state index contributed by atoms with van der Waals surface area (Å²) < 4.78 is 2.02. The number of imidazole rings is 1. The molecule has 15 heavy (non-hydrogen) atoms. The molecule has 0 amide bonds. The second-order valence-electron chi connectivity index (χ2n) is 4.11. The van der Waals surface area contributed by atoms with Crippen molar-refractivity contribution in [1.82, 2.24) is 14.5 Å². The lowest BCUT2D eigenvalue weighted by Gasteiger charge is -2.21. The molecule has 2 heterocycles. The molecule has 4 nitrogen and oxygen atoms in total. The summed E-state index contributed by atoms with van der Waals surface area (Å²) in [6.07, 6.45) is 2.60. The maximum Gasteiger partial charge on any atom is 0.177 e. The minimum Gasteiger partial charge on any atom is -0.328 e. The number of pyridine rings is 1. The first-order valence-corrected chi connectivity index (χ1v) is 5.13. The molecule has 0 saturated heterocycles. The molecule has 2 rings (SSSR count). The molecule has 0 aliphatic heterocycles. The quantitative estimate of drug-likeness (QED) is 0.807. The number of aryl methyl sites for hydroxylation is 1. The van der Waals surface area contributed by atoms with Crippen LogP contribution in [-0.2, 0) is 12.6 Å². The van der Waals surface area contributed by atoms with Gasteiger partial charge in [-0.2, -0.15) is 0 Å². The molecule has 0 aliphatic rings. The molecule has 2 N–H and O–H groups in total. The Labute approximate surface area is 89.1 Å². The van der Waals surface area contributed by atoms with Gasteiger partial charge in [-0.05, 0) is 25.5 Å². The van der Waals surface area contributed by atoms with E-state index >= 15 is 0 Å². The zero-order valence-corrected chi connectivity index (χ0v) is 9.36. The minimum absolute atomic E-state index is 0.393. The first-order chi connectivity index (χ1) is 7.06. The standard InChI is InChI=1S/C11H16N4/c1-4-11(2,12)10-14-9-8(15(10)3)6-5-7-13-9/h5-7H,4,12H2,1-3H3. The lowest BCUT2D eigenvalue weighted by molar-refractivity contribution is 0.434. The van der Waals surface area contributed by atoms with E-state index in [9.17, 15) is 0 Å². The van der Waals surface area contributed by atoms with Crippen molar-refractivity contribution in [3.8, 4) is 0 Å². The Bertz CT molecular complexity index is 484. The van der Waals surface area contributed by atoms with Crippen molar-refractivity contribution >= 4 is 11.2 Å². The molecule has 0 bridgehead atoms. The van der Waals surface area contributed by atoms with E-state index in [0.717, 1.165) is 23.4 Å². The van der Waals surface area contributed by atoms with Crippen molar-refractivity contribution in [2.75, 3.05) is 0 Å². The average molecular weight is 204 g/mol. The van der Waals surface area contributed by atoms with Gasteiger partial charge in [0.25, 0.3) is 0 Å². The number of hydrogen-bond donors (Lipinski definition) is 1. The highest BCUT2D eigenvalue weighted by atomic mass is 15.1. The molecule has 0 saturated carbocycles. The summed E-state index contributed by atoms with van der Waals surface area (Å²) in [6.45, 7) is 4.06.